The van der Waals surface area contributed by atoms with E-state index in [4.69, 9.17) is 11.6 Å². The number of nitrogens with zero attached hydrogens (tertiary/aromatic N) is 1. The molecule has 0 radical (unpaired) electrons. The molecular weight excluding hydrogens is 316 g/mol. The van der Waals surface area contributed by atoms with E-state index in [2.05, 4.69) is 10.5 Å². The zero-order chi connectivity index (χ0) is 15.1. The van der Waals surface area contributed by atoms with Crippen LogP contribution in [0.3, 0.4) is 0 Å². The lowest BCUT2D eigenvalue weighted by Gasteiger charge is -2.16. The van der Waals surface area contributed by atoms with Gasteiger partial charge in [-0.25, -0.2) is 5.43 Å². The number of halogens is 1. The third-order valence-electron chi connectivity index (χ3n) is 4.97. The fraction of sp³-hybridized carbons (Fsp3) is 0.412. The van der Waals surface area contributed by atoms with Gasteiger partial charge >= 0.3 is 0 Å². The Morgan fingerprint density at radius 1 is 1.32 bits per heavy atom. The van der Waals surface area contributed by atoms with E-state index in [0.717, 1.165) is 21.9 Å². The largest absolute Gasteiger partial charge is 0.282 e. The molecule has 3 nitrogen and oxygen atoms in total. The molecule has 0 unspecified atom stereocenters. The number of rotatable bonds is 3. The third kappa shape index (κ3) is 2.44. The normalized spacial score (nSPS) is 27.0. The van der Waals surface area contributed by atoms with Crippen LogP contribution in [-0.4, -0.2) is 12.1 Å². The number of hydrogen-bond donors (Lipinski definition) is 1. The highest BCUT2D eigenvalue weighted by molar-refractivity contribution is 7.21. The van der Waals surface area contributed by atoms with Crippen LogP contribution in [-0.2, 0) is 0 Å². The van der Waals surface area contributed by atoms with Crippen molar-refractivity contribution in [2.24, 2.45) is 22.9 Å². The van der Waals surface area contributed by atoms with Crippen LogP contribution in [0, 0.1) is 17.8 Å². The molecule has 5 heteroatoms. The number of nitrogens with one attached hydrogen (secondary N) is 1. The van der Waals surface area contributed by atoms with Crippen molar-refractivity contribution in [3.05, 3.63) is 34.2 Å². The van der Waals surface area contributed by atoms with Crippen LogP contribution in [0.5, 0.6) is 0 Å². The molecular formula is C17H17ClN2OS. The summed E-state index contributed by atoms with van der Waals surface area (Å²) in [6, 6.07) is 7.78. The Bertz CT molecular complexity index is 754. The number of hydrazone groups is 1. The molecule has 1 aromatic heterocycles. The average molecular weight is 333 g/mol. The van der Waals surface area contributed by atoms with Gasteiger partial charge in [-0.1, -0.05) is 36.2 Å². The number of thiophene rings is 1. The molecule has 1 aromatic carbocycles. The fourth-order valence-corrected chi connectivity index (χ4v) is 5.29. The molecule has 2 saturated carbocycles. The molecule has 1 heterocycles. The van der Waals surface area contributed by atoms with Crippen LogP contribution in [0.15, 0.2) is 29.4 Å². The van der Waals surface area contributed by atoms with Crippen LogP contribution < -0.4 is 5.43 Å². The lowest BCUT2D eigenvalue weighted by atomic mass is 9.90. The zero-order valence-corrected chi connectivity index (χ0v) is 13.7. The van der Waals surface area contributed by atoms with Crippen LogP contribution in [0.1, 0.15) is 35.4 Å². The summed E-state index contributed by atoms with van der Waals surface area (Å²) in [5, 5.41) is 5.63. The van der Waals surface area contributed by atoms with E-state index >= 15 is 0 Å². The van der Waals surface area contributed by atoms with Gasteiger partial charge in [0.1, 0.15) is 4.88 Å². The first kappa shape index (κ1) is 14.2. The molecule has 4 rings (SSSR count). The van der Waals surface area contributed by atoms with E-state index in [9.17, 15) is 4.79 Å². The van der Waals surface area contributed by atoms with Crippen LogP contribution >= 0.6 is 22.9 Å². The first-order valence-electron chi connectivity index (χ1n) is 7.73. The maximum Gasteiger partial charge on any atom is 0.282 e. The summed E-state index contributed by atoms with van der Waals surface area (Å²) in [6.45, 7) is 0. The summed E-state index contributed by atoms with van der Waals surface area (Å²) in [6.07, 6.45) is 7.19. The van der Waals surface area contributed by atoms with Gasteiger partial charge in [-0.3, -0.25) is 4.79 Å². The number of fused-ring (bicyclic) bond motifs is 3. The van der Waals surface area contributed by atoms with Gasteiger partial charge in [0.25, 0.3) is 5.91 Å². The molecule has 0 aliphatic heterocycles. The van der Waals surface area contributed by atoms with Gasteiger partial charge in [0, 0.05) is 16.3 Å². The predicted octanol–water partition coefficient (Wildman–Crippen LogP) is 4.71. The minimum atomic E-state index is -0.217. The second kappa shape index (κ2) is 5.67. The van der Waals surface area contributed by atoms with E-state index in [1.54, 1.807) is 0 Å². The molecule has 2 bridgehead atoms. The minimum Gasteiger partial charge on any atom is -0.266 e. The van der Waals surface area contributed by atoms with Gasteiger partial charge in [-0.15, -0.1) is 11.3 Å². The quantitative estimate of drug-likeness (QED) is 0.642. The number of hydrogen-bond acceptors (Lipinski definition) is 3. The van der Waals surface area contributed by atoms with Gasteiger partial charge < -0.3 is 0 Å². The summed E-state index contributed by atoms with van der Waals surface area (Å²) in [7, 11) is 0. The summed E-state index contributed by atoms with van der Waals surface area (Å²) in [5.74, 6) is 1.98. The molecule has 2 aliphatic rings. The fourth-order valence-electron chi connectivity index (χ4n) is 3.88. The first-order valence-corrected chi connectivity index (χ1v) is 8.92. The Morgan fingerprint density at radius 3 is 2.91 bits per heavy atom. The zero-order valence-electron chi connectivity index (χ0n) is 12.1. The Labute approximate surface area is 138 Å². The predicted molar refractivity (Wildman–Crippen MR) is 91.7 cm³/mol. The highest BCUT2D eigenvalue weighted by atomic mass is 35.5. The first-order chi connectivity index (χ1) is 10.7. The van der Waals surface area contributed by atoms with Gasteiger partial charge in [0.2, 0.25) is 0 Å². The third-order valence-corrected chi connectivity index (χ3v) is 6.64. The Kier molecular flexibility index (Phi) is 3.66. The van der Waals surface area contributed by atoms with Gasteiger partial charge in [-0.05, 0) is 43.1 Å². The lowest BCUT2D eigenvalue weighted by molar-refractivity contribution is 0.0959. The standard InChI is InChI=1S/C17H17ClN2OS/c18-15-13-3-1-2-4-14(13)22-16(15)17(21)20-19-9-12-8-10-5-6-11(12)7-10/h1-4,9-12H,5-8H2,(H,20,21)/b19-9-/t10-,11-,12-/m1/s1. The Hall–Kier alpha value is -1.39. The maximum atomic E-state index is 12.3. The van der Waals surface area contributed by atoms with Crippen LogP contribution in [0.4, 0.5) is 0 Å². The molecule has 2 aliphatic carbocycles. The van der Waals surface area contributed by atoms with Crippen molar-refractivity contribution in [3.8, 4) is 0 Å². The highest BCUT2D eigenvalue weighted by Gasteiger charge is 2.38. The monoisotopic (exact) mass is 332 g/mol. The Morgan fingerprint density at radius 2 is 2.18 bits per heavy atom. The lowest BCUT2D eigenvalue weighted by Crippen LogP contribution is -2.19. The number of carbonyl (C=O) groups is 1. The number of carbonyl (C=O) groups excluding carboxylic acids is 1. The van der Waals surface area contributed by atoms with E-state index in [1.807, 2.05) is 30.5 Å². The van der Waals surface area contributed by atoms with Gasteiger partial charge in [0.15, 0.2) is 0 Å². The second-order valence-corrected chi connectivity index (χ2v) is 7.73. The molecule has 1 N–H and O–H groups in total. The summed E-state index contributed by atoms with van der Waals surface area (Å²) in [4.78, 5) is 12.8. The smallest absolute Gasteiger partial charge is 0.266 e. The topological polar surface area (TPSA) is 41.5 Å². The van der Waals surface area contributed by atoms with Crippen molar-refractivity contribution in [2.75, 3.05) is 0 Å². The number of benzene rings is 1. The van der Waals surface area contributed by atoms with E-state index in [1.165, 1.54) is 37.0 Å². The average Bonchev–Trinajstić information content (AvgIpc) is 3.22. The van der Waals surface area contributed by atoms with Crippen LogP contribution in [0.2, 0.25) is 5.02 Å². The van der Waals surface area contributed by atoms with E-state index in [-0.39, 0.29) is 5.91 Å². The minimum absolute atomic E-state index is 0.217. The van der Waals surface area contributed by atoms with Crippen LogP contribution in [0.25, 0.3) is 10.1 Å². The molecule has 1 amide bonds. The van der Waals surface area contributed by atoms with Crippen molar-refractivity contribution in [1.29, 1.82) is 0 Å². The van der Waals surface area contributed by atoms with Crippen molar-refractivity contribution >= 4 is 45.1 Å². The second-order valence-electron chi connectivity index (χ2n) is 6.30. The van der Waals surface area contributed by atoms with Crippen molar-refractivity contribution in [3.63, 3.8) is 0 Å². The van der Waals surface area contributed by atoms with Crippen molar-refractivity contribution in [2.45, 2.75) is 25.7 Å². The highest BCUT2D eigenvalue weighted by Crippen LogP contribution is 2.47. The van der Waals surface area contributed by atoms with Gasteiger partial charge in [-0.2, -0.15) is 5.10 Å². The maximum absolute atomic E-state index is 12.3. The molecule has 22 heavy (non-hydrogen) atoms. The summed E-state index contributed by atoms with van der Waals surface area (Å²) in [5.41, 5.74) is 2.64. The van der Waals surface area contributed by atoms with E-state index in [0.29, 0.717) is 15.8 Å². The van der Waals surface area contributed by atoms with Crippen molar-refractivity contribution in [1.82, 2.24) is 5.43 Å². The van der Waals surface area contributed by atoms with Gasteiger partial charge in [0.05, 0.1) is 5.02 Å². The Balaban J connectivity index is 1.46. The molecule has 0 spiro atoms. The van der Waals surface area contributed by atoms with E-state index < -0.39 is 0 Å². The summed E-state index contributed by atoms with van der Waals surface area (Å²) < 4.78 is 1.02. The number of amides is 1. The molecule has 2 fully saturated rings. The molecule has 2 aromatic rings. The molecule has 0 saturated heterocycles. The molecule has 3 atom stereocenters. The SMILES string of the molecule is O=C(N/N=C\[C@H]1C[C@@H]2CC[C@@H]1C2)c1sc2ccccc2c1Cl. The van der Waals surface area contributed by atoms with Crippen molar-refractivity contribution < 1.29 is 4.79 Å². The summed E-state index contributed by atoms with van der Waals surface area (Å²) >= 11 is 7.72. The molecule has 114 valence electrons.